The van der Waals surface area contributed by atoms with Crippen LogP contribution >= 0.6 is 0 Å². The van der Waals surface area contributed by atoms with Crippen LogP contribution < -0.4 is 0 Å². The van der Waals surface area contributed by atoms with Crippen molar-refractivity contribution in [2.24, 2.45) is 0 Å². The molecule has 0 spiro atoms. The third-order valence-electron chi connectivity index (χ3n) is 6.68. The van der Waals surface area contributed by atoms with Crippen molar-refractivity contribution < 1.29 is 13.9 Å². The van der Waals surface area contributed by atoms with Gasteiger partial charge in [0, 0.05) is 19.0 Å². The topological polar surface area (TPSA) is 56.6 Å². The lowest BCUT2D eigenvalue weighted by Crippen LogP contribution is -2.48. The fourth-order valence-corrected chi connectivity index (χ4v) is 4.89. The Kier molecular flexibility index (Phi) is 7.19. The zero-order valence-electron chi connectivity index (χ0n) is 18.6. The lowest BCUT2D eigenvalue weighted by Gasteiger charge is -2.40. The van der Waals surface area contributed by atoms with E-state index in [9.17, 15) is 14.4 Å². The summed E-state index contributed by atoms with van der Waals surface area (Å²) in [6.45, 7) is 5.90. The fraction of sp³-hybridized carbons (Fsp3) is 0.462. The van der Waals surface area contributed by atoms with E-state index in [1.165, 1.54) is 6.07 Å². The van der Waals surface area contributed by atoms with Crippen LogP contribution in [0.2, 0.25) is 0 Å². The first-order valence-electron chi connectivity index (χ1n) is 11.4. The van der Waals surface area contributed by atoms with E-state index in [1.807, 2.05) is 36.1 Å². The molecular weight excluding hydrogens is 405 g/mol. The Balaban J connectivity index is 1.51. The summed E-state index contributed by atoms with van der Waals surface area (Å²) in [6, 6.07) is 14.5. The molecule has 2 saturated heterocycles. The van der Waals surface area contributed by atoms with Gasteiger partial charge in [-0.2, -0.15) is 5.26 Å². The molecule has 0 aliphatic carbocycles. The molecule has 0 bridgehead atoms. The number of carbonyl (C=O) groups is 1. The number of ether oxygens (including phenoxy) is 1. The van der Waals surface area contributed by atoms with E-state index in [0.717, 1.165) is 42.6 Å². The van der Waals surface area contributed by atoms with Gasteiger partial charge in [-0.05, 0) is 74.2 Å². The average molecular weight is 436 g/mol. The van der Waals surface area contributed by atoms with E-state index in [2.05, 4.69) is 11.0 Å². The second-order valence-electron chi connectivity index (χ2n) is 8.84. The average Bonchev–Trinajstić information content (AvgIpc) is 3.31. The van der Waals surface area contributed by atoms with Crippen LogP contribution in [0.25, 0.3) is 0 Å². The van der Waals surface area contributed by atoms with Crippen molar-refractivity contribution >= 4 is 5.91 Å². The number of carbonyl (C=O) groups excluding carboxylic acids is 1. The highest BCUT2D eigenvalue weighted by Gasteiger charge is 2.34. The van der Waals surface area contributed by atoms with Crippen LogP contribution in [-0.2, 0) is 16.1 Å². The summed E-state index contributed by atoms with van der Waals surface area (Å²) in [5.41, 5.74) is 3.36. The third kappa shape index (κ3) is 5.17. The Morgan fingerprint density at radius 2 is 1.97 bits per heavy atom. The summed E-state index contributed by atoms with van der Waals surface area (Å²) in [5.74, 6) is -0.143. The van der Waals surface area contributed by atoms with E-state index >= 15 is 0 Å². The second-order valence-corrected chi connectivity index (χ2v) is 8.84. The van der Waals surface area contributed by atoms with Gasteiger partial charge in [0.2, 0.25) is 5.91 Å². The molecule has 4 rings (SSSR count). The van der Waals surface area contributed by atoms with Crippen molar-refractivity contribution in [1.29, 1.82) is 5.26 Å². The van der Waals surface area contributed by atoms with E-state index < -0.39 is 0 Å². The number of piperidine rings is 1. The maximum Gasteiger partial charge on any atom is 0.236 e. The summed E-state index contributed by atoms with van der Waals surface area (Å²) in [5, 5.41) is 9.37. The quantitative estimate of drug-likeness (QED) is 0.688. The Morgan fingerprint density at radius 1 is 1.19 bits per heavy atom. The molecule has 5 nitrogen and oxygen atoms in total. The van der Waals surface area contributed by atoms with Gasteiger partial charge in [0.25, 0.3) is 0 Å². The van der Waals surface area contributed by atoms with E-state index in [-0.39, 0.29) is 23.7 Å². The number of amides is 1. The van der Waals surface area contributed by atoms with Gasteiger partial charge in [-0.1, -0.05) is 24.3 Å². The molecule has 0 saturated carbocycles. The standard InChI is InChI=1S/C26H30FN3O2/c1-19-14-22(27)8-9-23(19)24-16-30(26(31)17-29-11-4-5-12-29)13-10-25(24)32-18-21-7-3-2-6-20(21)15-28/h2-3,6-9,14,24-25H,4-5,10-13,16-18H2,1H3. The molecule has 168 valence electrons. The Labute approximate surface area is 189 Å². The summed E-state index contributed by atoms with van der Waals surface area (Å²) in [6.07, 6.45) is 2.92. The number of nitrogens with zero attached hydrogens (tertiary/aromatic N) is 3. The molecule has 1 amide bonds. The van der Waals surface area contributed by atoms with Crippen LogP contribution in [0.1, 0.15) is 47.4 Å². The van der Waals surface area contributed by atoms with Crippen LogP contribution in [0.5, 0.6) is 0 Å². The third-order valence-corrected chi connectivity index (χ3v) is 6.68. The first kappa shape index (κ1) is 22.4. The van der Waals surface area contributed by atoms with Crippen LogP contribution in [0, 0.1) is 24.1 Å². The number of likely N-dealkylation sites (tertiary alicyclic amines) is 2. The van der Waals surface area contributed by atoms with E-state index in [4.69, 9.17) is 4.74 Å². The molecule has 2 heterocycles. The fourth-order valence-electron chi connectivity index (χ4n) is 4.89. The Hall–Kier alpha value is -2.75. The molecular formula is C26H30FN3O2. The first-order valence-corrected chi connectivity index (χ1v) is 11.4. The molecule has 2 aromatic rings. The van der Waals surface area contributed by atoms with Crippen molar-refractivity contribution in [3.63, 3.8) is 0 Å². The summed E-state index contributed by atoms with van der Waals surface area (Å²) < 4.78 is 20.1. The molecule has 6 heteroatoms. The Morgan fingerprint density at radius 3 is 2.72 bits per heavy atom. The van der Waals surface area contributed by atoms with Gasteiger partial charge in [0.05, 0.1) is 30.9 Å². The van der Waals surface area contributed by atoms with Crippen molar-refractivity contribution in [1.82, 2.24) is 9.80 Å². The Bertz CT molecular complexity index is 997. The number of aryl methyl sites for hydroxylation is 1. The molecule has 2 aromatic carbocycles. The molecule has 2 unspecified atom stereocenters. The van der Waals surface area contributed by atoms with Crippen LogP contribution in [0.15, 0.2) is 42.5 Å². The van der Waals surface area contributed by atoms with Gasteiger partial charge in [-0.3, -0.25) is 9.69 Å². The highest BCUT2D eigenvalue weighted by Crippen LogP contribution is 2.33. The molecule has 2 aliphatic rings. The summed E-state index contributed by atoms with van der Waals surface area (Å²) in [7, 11) is 0. The lowest BCUT2D eigenvalue weighted by atomic mass is 9.85. The second kappa shape index (κ2) is 10.2. The SMILES string of the molecule is Cc1cc(F)ccc1C1CN(C(=O)CN2CCCC2)CCC1OCc1ccccc1C#N. The largest absolute Gasteiger partial charge is 0.373 e. The minimum Gasteiger partial charge on any atom is -0.373 e. The van der Waals surface area contributed by atoms with Crippen LogP contribution in [0.3, 0.4) is 0 Å². The molecule has 0 radical (unpaired) electrons. The van der Waals surface area contributed by atoms with Crippen molar-refractivity contribution in [3.05, 3.63) is 70.5 Å². The number of nitriles is 1. The van der Waals surface area contributed by atoms with Gasteiger partial charge in [0.1, 0.15) is 5.82 Å². The smallest absolute Gasteiger partial charge is 0.236 e. The zero-order chi connectivity index (χ0) is 22.5. The predicted molar refractivity (Wildman–Crippen MR) is 120 cm³/mol. The van der Waals surface area contributed by atoms with E-state index in [0.29, 0.717) is 38.2 Å². The predicted octanol–water partition coefficient (Wildman–Crippen LogP) is 4.00. The van der Waals surface area contributed by atoms with Gasteiger partial charge < -0.3 is 9.64 Å². The van der Waals surface area contributed by atoms with Gasteiger partial charge in [-0.25, -0.2) is 4.39 Å². The summed E-state index contributed by atoms with van der Waals surface area (Å²) in [4.78, 5) is 17.2. The maximum atomic E-state index is 13.8. The number of halogens is 1. The van der Waals surface area contributed by atoms with Crippen LogP contribution in [0.4, 0.5) is 4.39 Å². The molecule has 2 aliphatic heterocycles. The number of hydrogen-bond acceptors (Lipinski definition) is 4. The number of rotatable bonds is 6. The van der Waals surface area contributed by atoms with Crippen molar-refractivity contribution in [2.75, 3.05) is 32.7 Å². The molecule has 2 fully saturated rings. The lowest BCUT2D eigenvalue weighted by molar-refractivity contribution is -0.135. The minimum atomic E-state index is -0.260. The minimum absolute atomic E-state index is 0.0406. The van der Waals surface area contributed by atoms with E-state index in [1.54, 1.807) is 12.1 Å². The van der Waals surface area contributed by atoms with Crippen molar-refractivity contribution in [2.45, 2.75) is 44.8 Å². The zero-order valence-corrected chi connectivity index (χ0v) is 18.6. The van der Waals surface area contributed by atoms with Crippen molar-refractivity contribution in [3.8, 4) is 6.07 Å². The van der Waals surface area contributed by atoms with Gasteiger partial charge >= 0.3 is 0 Å². The summed E-state index contributed by atoms with van der Waals surface area (Å²) >= 11 is 0. The highest BCUT2D eigenvalue weighted by molar-refractivity contribution is 5.78. The molecule has 2 atom stereocenters. The van der Waals surface area contributed by atoms with Gasteiger partial charge in [-0.15, -0.1) is 0 Å². The number of benzene rings is 2. The number of hydrogen-bond donors (Lipinski definition) is 0. The normalized spacial score (nSPS) is 21.5. The first-order chi connectivity index (χ1) is 15.5. The van der Waals surface area contributed by atoms with Gasteiger partial charge in [0.15, 0.2) is 0 Å². The highest BCUT2D eigenvalue weighted by atomic mass is 19.1. The molecule has 0 N–H and O–H groups in total. The molecule has 0 aromatic heterocycles. The molecule has 32 heavy (non-hydrogen) atoms. The monoisotopic (exact) mass is 435 g/mol. The maximum absolute atomic E-state index is 13.8. The van der Waals surface area contributed by atoms with Crippen LogP contribution in [-0.4, -0.2) is 54.5 Å².